The molecule has 2 aromatic heterocycles. The van der Waals surface area contributed by atoms with Crippen molar-refractivity contribution < 1.29 is 9.47 Å². The third kappa shape index (κ3) is 2.25. The van der Waals surface area contributed by atoms with E-state index in [0.717, 1.165) is 21.9 Å². The number of hydrogen-bond acceptors (Lipinski definition) is 4. The van der Waals surface area contributed by atoms with Gasteiger partial charge in [0.1, 0.15) is 0 Å². The highest BCUT2D eigenvalue weighted by atomic mass is 32.1. The van der Waals surface area contributed by atoms with Crippen LogP contribution < -0.4 is 0 Å². The van der Waals surface area contributed by atoms with Gasteiger partial charge in [0.2, 0.25) is 0 Å². The number of para-hydroxylation sites is 1. The summed E-state index contributed by atoms with van der Waals surface area (Å²) in [5, 5.41) is 1.10. The Morgan fingerprint density at radius 3 is 3.10 bits per heavy atom. The number of imidazole rings is 1. The Bertz CT molecular complexity index is 849. The number of aromatic amines is 1. The molecule has 1 unspecified atom stereocenters. The van der Waals surface area contributed by atoms with E-state index in [1.807, 2.05) is 24.4 Å². The van der Waals surface area contributed by atoms with Gasteiger partial charge < -0.3 is 19.0 Å². The number of H-pyrrole nitrogens is 1. The van der Waals surface area contributed by atoms with E-state index in [2.05, 4.69) is 20.6 Å². The number of fused-ring (bicyclic) bond motifs is 3. The molecule has 4 rings (SSSR count). The lowest BCUT2D eigenvalue weighted by atomic mass is 10.2. The Kier molecular flexibility index (Phi) is 3.21. The van der Waals surface area contributed by atoms with Gasteiger partial charge in [0, 0.05) is 5.39 Å². The van der Waals surface area contributed by atoms with Crippen LogP contribution in [-0.4, -0.2) is 40.5 Å². The summed E-state index contributed by atoms with van der Waals surface area (Å²) in [7, 11) is 0. The smallest absolute Gasteiger partial charge is 0.178 e. The number of hydrogen-bond donors (Lipinski definition) is 1. The first-order valence-electron chi connectivity index (χ1n) is 6.98. The summed E-state index contributed by atoms with van der Waals surface area (Å²) < 4.78 is 14.0. The highest BCUT2D eigenvalue weighted by Gasteiger charge is 2.18. The summed E-state index contributed by atoms with van der Waals surface area (Å²) in [6.07, 6.45) is 1.87. The molecule has 0 amide bonds. The summed E-state index contributed by atoms with van der Waals surface area (Å²) >= 11 is 5.47. The van der Waals surface area contributed by atoms with Crippen molar-refractivity contribution in [2.24, 2.45) is 0 Å². The summed E-state index contributed by atoms with van der Waals surface area (Å²) in [4.78, 5) is 7.69. The zero-order chi connectivity index (χ0) is 14.2. The normalized spacial score (nSPS) is 19.3. The summed E-state index contributed by atoms with van der Waals surface area (Å²) in [5.74, 6) is 0. The minimum atomic E-state index is 0.0383. The number of rotatable bonds is 2. The molecule has 5 nitrogen and oxygen atoms in total. The minimum absolute atomic E-state index is 0.0383. The van der Waals surface area contributed by atoms with Gasteiger partial charge in [-0.2, -0.15) is 0 Å². The molecule has 3 aromatic rings. The van der Waals surface area contributed by atoms with Crippen LogP contribution in [0.25, 0.3) is 21.9 Å². The highest BCUT2D eigenvalue weighted by Crippen LogP contribution is 2.24. The van der Waals surface area contributed by atoms with Crippen LogP contribution in [0, 0.1) is 4.77 Å². The molecule has 1 atom stereocenters. The molecule has 1 N–H and O–H groups in total. The van der Waals surface area contributed by atoms with Crippen LogP contribution >= 0.6 is 12.2 Å². The summed E-state index contributed by atoms with van der Waals surface area (Å²) in [6.45, 7) is 2.61. The second kappa shape index (κ2) is 5.22. The molecule has 3 heterocycles. The maximum Gasteiger partial charge on any atom is 0.178 e. The number of nitrogens with zero attached hydrogens (tertiary/aromatic N) is 2. The summed E-state index contributed by atoms with van der Waals surface area (Å²) in [5.41, 5.74) is 3.00. The van der Waals surface area contributed by atoms with Gasteiger partial charge in [-0.25, -0.2) is 0 Å². The second-order valence-electron chi connectivity index (χ2n) is 5.15. The van der Waals surface area contributed by atoms with E-state index in [4.69, 9.17) is 21.7 Å². The molecule has 1 fully saturated rings. The maximum absolute atomic E-state index is 5.75. The Hall–Kier alpha value is -1.76. The van der Waals surface area contributed by atoms with Crippen molar-refractivity contribution in [2.75, 3.05) is 19.8 Å². The van der Waals surface area contributed by atoms with Gasteiger partial charge >= 0.3 is 0 Å². The second-order valence-corrected chi connectivity index (χ2v) is 5.53. The number of benzene rings is 1. The van der Waals surface area contributed by atoms with Crippen LogP contribution in [0.1, 0.15) is 0 Å². The SMILES string of the molecule is S=c1[nH]c2cnc3ccccc3c2n1CC1COCCO1. The maximum atomic E-state index is 5.75. The number of ether oxygens (including phenoxy) is 2. The minimum Gasteiger partial charge on any atom is -0.376 e. The first-order chi connectivity index (χ1) is 10.3. The molecule has 21 heavy (non-hydrogen) atoms. The van der Waals surface area contributed by atoms with E-state index in [9.17, 15) is 0 Å². The number of aromatic nitrogens is 3. The average molecular weight is 301 g/mol. The van der Waals surface area contributed by atoms with Crippen molar-refractivity contribution in [3.05, 3.63) is 35.2 Å². The van der Waals surface area contributed by atoms with Crippen molar-refractivity contribution in [2.45, 2.75) is 12.6 Å². The molecule has 1 aliphatic rings. The molecule has 0 radical (unpaired) electrons. The standard InChI is InChI=1S/C15H15N3O2S/c21-15-17-13-7-16-12-4-2-1-3-11(12)14(13)18(15)8-10-9-19-5-6-20-10/h1-4,7,10H,5-6,8-9H2,(H,17,21). The van der Waals surface area contributed by atoms with Gasteiger partial charge in [0.15, 0.2) is 4.77 Å². The topological polar surface area (TPSA) is 52.1 Å². The van der Waals surface area contributed by atoms with E-state index >= 15 is 0 Å². The molecule has 0 aliphatic carbocycles. The zero-order valence-corrected chi connectivity index (χ0v) is 12.2. The van der Waals surface area contributed by atoms with Gasteiger partial charge in [-0.1, -0.05) is 18.2 Å². The van der Waals surface area contributed by atoms with Crippen molar-refractivity contribution in [3.63, 3.8) is 0 Å². The van der Waals surface area contributed by atoms with E-state index in [1.165, 1.54) is 0 Å². The average Bonchev–Trinajstić information content (AvgIpc) is 2.85. The van der Waals surface area contributed by atoms with Crippen LogP contribution in [0.4, 0.5) is 0 Å². The molecule has 6 heteroatoms. The van der Waals surface area contributed by atoms with E-state index in [0.29, 0.717) is 31.1 Å². The Balaban J connectivity index is 1.88. The number of nitrogens with one attached hydrogen (secondary N) is 1. The Labute approximate surface area is 126 Å². The lowest BCUT2D eigenvalue weighted by molar-refractivity contribution is -0.0933. The van der Waals surface area contributed by atoms with Gasteiger partial charge in [-0.3, -0.25) is 4.98 Å². The van der Waals surface area contributed by atoms with E-state index < -0.39 is 0 Å². The zero-order valence-electron chi connectivity index (χ0n) is 11.4. The molecule has 1 aromatic carbocycles. The Morgan fingerprint density at radius 2 is 2.24 bits per heavy atom. The molecular weight excluding hydrogens is 286 g/mol. The van der Waals surface area contributed by atoms with Crippen LogP contribution in [0.15, 0.2) is 30.5 Å². The van der Waals surface area contributed by atoms with Crippen molar-refractivity contribution in [3.8, 4) is 0 Å². The molecule has 0 bridgehead atoms. The van der Waals surface area contributed by atoms with Gasteiger partial charge in [0.25, 0.3) is 0 Å². The largest absolute Gasteiger partial charge is 0.376 e. The molecule has 0 saturated carbocycles. The molecule has 1 aliphatic heterocycles. The van der Waals surface area contributed by atoms with Crippen molar-refractivity contribution in [1.82, 2.24) is 14.5 Å². The fourth-order valence-electron chi connectivity index (χ4n) is 2.81. The Morgan fingerprint density at radius 1 is 1.33 bits per heavy atom. The predicted molar refractivity (Wildman–Crippen MR) is 83.0 cm³/mol. The molecular formula is C15H15N3O2S. The highest BCUT2D eigenvalue weighted by molar-refractivity contribution is 7.71. The summed E-state index contributed by atoms with van der Waals surface area (Å²) in [6, 6.07) is 8.09. The fourth-order valence-corrected chi connectivity index (χ4v) is 3.09. The van der Waals surface area contributed by atoms with Gasteiger partial charge in [-0.15, -0.1) is 0 Å². The number of pyridine rings is 1. The predicted octanol–water partition coefficient (Wildman–Crippen LogP) is 2.66. The van der Waals surface area contributed by atoms with Crippen LogP contribution in [-0.2, 0) is 16.0 Å². The van der Waals surface area contributed by atoms with Gasteiger partial charge in [0.05, 0.1) is 55.2 Å². The monoisotopic (exact) mass is 301 g/mol. The molecule has 108 valence electrons. The third-order valence-electron chi connectivity index (χ3n) is 3.77. The van der Waals surface area contributed by atoms with Crippen molar-refractivity contribution in [1.29, 1.82) is 0 Å². The molecule has 1 saturated heterocycles. The van der Waals surface area contributed by atoms with E-state index in [-0.39, 0.29) is 6.10 Å². The van der Waals surface area contributed by atoms with E-state index in [1.54, 1.807) is 0 Å². The lowest BCUT2D eigenvalue weighted by Gasteiger charge is -2.23. The molecule has 0 spiro atoms. The third-order valence-corrected chi connectivity index (χ3v) is 4.10. The van der Waals surface area contributed by atoms with Crippen LogP contribution in [0.2, 0.25) is 0 Å². The lowest BCUT2D eigenvalue weighted by Crippen LogP contribution is -2.32. The first kappa shape index (κ1) is 12.9. The van der Waals surface area contributed by atoms with Gasteiger partial charge in [-0.05, 0) is 18.3 Å². The quantitative estimate of drug-likeness (QED) is 0.739. The first-order valence-corrected chi connectivity index (χ1v) is 7.39. The van der Waals surface area contributed by atoms with Crippen molar-refractivity contribution >= 4 is 34.2 Å². The van der Waals surface area contributed by atoms with Crippen LogP contribution in [0.5, 0.6) is 0 Å². The van der Waals surface area contributed by atoms with Crippen LogP contribution in [0.3, 0.4) is 0 Å². The fraction of sp³-hybridized carbons (Fsp3) is 0.333.